The molecular formula is C27H28N4O2. The van der Waals surface area contributed by atoms with Crippen LogP contribution in [0, 0.1) is 6.92 Å². The Morgan fingerprint density at radius 2 is 1.76 bits per heavy atom. The SMILES string of the molecule is Cc1ccc(NC(=O)N2CCC[C@H]2c2nc3cc(-c4ccc(N(C)C)cc4)ccc3o2)cc1. The van der Waals surface area contributed by atoms with Crippen molar-refractivity contribution in [3.63, 3.8) is 0 Å². The van der Waals surface area contributed by atoms with Gasteiger partial charge in [-0.15, -0.1) is 0 Å². The van der Waals surface area contributed by atoms with Gasteiger partial charge in [0.1, 0.15) is 11.6 Å². The molecule has 3 aromatic carbocycles. The van der Waals surface area contributed by atoms with Crippen LogP contribution in [0.25, 0.3) is 22.2 Å². The molecule has 2 heterocycles. The number of fused-ring (bicyclic) bond motifs is 1. The van der Waals surface area contributed by atoms with E-state index in [1.807, 2.05) is 56.3 Å². The standard InChI is InChI=1S/C27H28N4O2/c1-18-6-11-21(12-7-18)28-27(32)31-16-4-5-24(31)26-29-23-17-20(10-15-25(23)33-26)19-8-13-22(14-9-19)30(2)3/h6-15,17,24H,4-5,16H2,1-3H3,(H,28,32)/t24-/m0/s1. The number of amides is 2. The lowest BCUT2D eigenvalue weighted by atomic mass is 10.0. The Labute approximate surface area is 193 Å². The molecule has 1 atom stereocenters. The summed E-state index contributed by atoms with van der Waals surface area (Å²) < 4.78 is 6.10. The highest BCUT2D eigenvalue weighted by Crippen LogP contribution is 2.35. The molecule has 0 radical (unpaired) electrons. The molecule has 1 N–H and O–H groups in total. The van der Waals surface area contributed by atoms with Crippen LogP contribution in [-0.4, -0.2) is 36.6 Å². The summed E-state index contributed by atoms with van der Waals surface area (Å²) >= 11 is 0. The molecule has 1 aliphatic heterocycles. The van der Waals surface area contributed by atoms with Gasteiger partial charge >= 0.3 is 6.03 Å². The Morgan fingerprint density at radius 1 is 1.03 bits per heavy atom. The summed E-state index contributed by atoms with van der Waals surface area (Å²) in [7, 11) is 4.07. The fraction of sp³-hybridized carbons (Fsp3) is 0.259. The third kappa shape index (κ3) is 4.29. The van der Waals surface area contributed by atoms with E-state index in [9.17, 15) is 4.79 Å². The highest BCUT2D eigenvalue weighted by molar-refractivity contribution is 5.90. The normalized spacial score (nSPS) is 15.7. The second-order valence-electron chi connectivity index (χ2n) is 8.82. The van der Waals surface area contributed by atoms with E-state index in [4.69, 9.17) is 9.40 Å². The molecule has 1 saturated heterocycles. The lowest BCUT2D eigenvalue weighted by molar-refractivity contribution is 0.199. The first-order chi connectivity index (χ1) is 16.0. The number of nitrogens with zero attached hydrogens (tertiary/aromatic N) is 3. The van der Waals surface area contributed by atoms with Crippen LogP contribution in [0.5, 0.6) is 0 Å². The second kappa shape index (κ2) is 8.62. The molecule has 0 aliphatic carbocycles. The largest absolute Gasteiger partial charge is 0.438 e. The average molecular weight is 441 g/mol. The van der Waals surface area contributed by atoms with Gasteiger partial charge in [-0.2, -0.15) is 0 Å². The monoisotopic (exact) mass is 440 g/mol. The van der Waals surface area contributed by atoms with Crippen molar-refractivity contribution in [3.05, 3.63) is 78.2 Å². The molecule has 1 aromatic heterocycles. The lowest BCUT2D eigenvalue weighted by Gasteiger charge is -2.22. The summed E-state index contributed by atoms with van der Waals surface area (Å²) in [6, 6.07) is 22.1. The Morgan fingerprint density at radius 3 is 2.48 bits per heavy atom. The number of rotatable bonds is 4. The summed E-state index contributed by atoms with van der Waals surface area (Å²) in [6.07, 6.45) is 1.77. The number of oxazole rings is 1. The first kappa shape index (κ1) is 21.1. The average Bonchev–Trinajstić information content (AvgIpc) is 3.47. The van der Waals surface area contributed by atoms with Crippen LogP contribution >= 0.6 is 0 Å². The van der Waals surface area contributed by atoms with E-state index in [0.29, 0.717) is 12.4 Å². The first-order valence-corrected chi connectivity index (χ1v) is 11.3. The van der Waals surface area contributed by atoms with E-state index in [1.54, 1.807) is 0 Å². The number of hydrogen-bond acceptors (Lipinski definition) is 4. The molecule has 2 amide bonds. The van der Waals surface area contributed by atoms with Crippen molar-refractivity contribution in [2.75, 3.05) is 30.9 Å². The molecule has 33 heavy (non-hydrogen) atoms. The zero-order chi connectivity index (χ0) is 22.9. The lowest BCUT2D eigenvalue weighted by Crippen LogP contribution is -2.34. The summed E-state index contributed by atoms with van der Waals surface area (Å²) in [4.78, 5) is 21.6. The van der Waals surface area contributed by atoms with Crippen molar-refractivity contribution in [1.82, 2.24) is 9.88 Å². The van der Waals surface area contributed by atoms with E-state index in [1.165, 1.54) is 0 Å². The number of anilines is 2. The molecule has 0 unspecified atom stereocenters. The van der Waals surface area contributed by atoms with Crippen molar-refractivity contribution in [1.29, 1.82) is 0 Å². The Kier molecular flexibility index (Phi) is 5.50. The minimum atomic E-state index is -0.161. The van der Waals surface area contributed by atoms with Crippen molar-refractivity contribution in [2.45, 2.75) is 25.8 Å². The molecule has 4 aromatic rings. The van der Waals surface area contributed by atoms with Gasteiger partial charge in [0, 0.05) is 32.0 Å². The van der Waals surface area contributed by atoms with Crippen molar-refractivity contribution >= 4 is 28.5 Å². The highest BCUT2D eigenvalue weighted by atomic mass is 16.4. The molecule has 5 rings (SSSR count). The van der Waals surface area contributed by atoms with Crippen LogP contribution in [0.3, 0.4) is 0 Å². The summed E-state index contributed by atoms with van der Waals surface area (Å²) in [6.45, 7) is 2.71. The maximum absolute atomic E-state index is 13.0. The van der Waals surface area contributed by atoms with Crippen LogP contribution in [0.2, 0.25) is 0 Å². The van der Waals surface area contributed by atoms with E-state index in [2.05, 4.69) is 46.6 Å². The van der Waals surface area contributed by atoms with Crippen molar-refractivity contribution in [2.24, 2.45) is 0 Å². The van der Waals surface area contributed by atoms with Gasteiger partial charge in [-0.05, 0) is 67.3 Å². The summed E-state index contributed by atoms with van der Waals surface area (Å²) in [5.74, 6) is 0.599. The van der Waals surface area contributed by atoms with Crippen LogP contribution in [0.4, 0.5) is 16.2 Å². The van der Waals surface area contributed by atoms with E-state index >= 15 is 0 Å². The van der Waals surface area contributed by atoms with Crippen molar-refractivity contribution < 1.29 is 9.21 Å². The molecule has 0 saturated carbocycles. The second-order valence-corrected chi connectivity index (χ2v) is 8.82. The predicted octanol–water partition coefficient (Wildman–Crippen LogP) is 6.24. The zero-order valence-corrected chi connectivity index (χ0v) is 19.2. The van der Waals surface area contributed by atoms with Gasteiger partial charge in [-0.1, -0.05) is 35.9 Å². The fourth-order valence-electron chi connectivity index (χ4n) is 4.32. The number of benzene rings is 3. The van der Waals surface area contributed by atoms with E-state index < -0.39 is 0 Å². The van der Waals surface area contributed by atoms with Gasteiger partial charge in [0.15, 0.2) is 5.58 Å². The molecule has 6 heteroatoms. The number of carbonyl (C=O) groups excluding carboxylic acids is 1. The van der Waals surface area contributed by atoms with Crippen molar-refractivity contribution in [3.8, 4) is 11.1 Å². The minimum absolute atomic E-state index is 0.120. The third-order valence-corrected chi connectivity index (χ3v) is 6.22. The van der Waals surface area contributed by atoms with Crippen LogP contribution < -0.4 is 10.2 Å². The van der Waals surface area contributed by atoms with Crippen LogP contribution in [0.15, 0.2) is 71.1 Å². The topological polar surface area (TPSA) is 61.6 Å². The molecule has 1 aliphatic rings. The summed E-state index contributed by atoms with van der Waals surface area (Å²) in [5.41, 5.74) is 6.88. The predicted molar refractivity (Wildman–Crippen MR) is 133 cm³/mol. The number of carbonyl (C=O) groups is 1. The summed E-state index contributed by atoms with van der Waals surface area (Å²) in [5, 5.41) is 3.00. The van der Waals surface area contributed by atoms with E-state index in [-0.39, 0.29) is 12.1 Å². The maximum atomic E-state index is 13.0. The Bertz CT molecular complexity index is 1280. The minimum Gasteiger partial charge on any atom is -0.438 e. The van der Waals surface area contributed by atoms with Gasteiger partial charge in [-0.25, -0.2) is 9.78 Å². The zero-order valence-electron chi connectivity index (χ0n) is 19.2. The molecule has 168 valence electrons. The molecule has 0 bridgehead atoms. The number of urea groups is 1. The smallest absolute Gasteiger partial charge is 0.322 e. The Hall–Kier alpha value is -3.80. The maximum Gasteiger partial charge on any atom is 0.322 e. The number of aryl methyl sites for hydroxylation is 1. The fourth-order valence-corrected chi connectivity index (χ4v) is 4.32. The van der Waals surface area contributed by atoms with Gasteiger partial charge in [-0.3, -0.25) is 0 Å². The number of nitrogens with one attached hydrogen (secondary N) is 1. The van der Waals surface area contributed by atoms with Crippen LogP contribution in [0.1, 0.15) is 30.3 Å². The Balaban J connectivity index is 1.37. The van der Waals surface area contributed by atoms with E-state index in [0.717, 1.165) is 52.0 Å². The first-order valence-electron chi connectivity index (χ1n) is 11.3. The highest BCUT2D eigenvalue weighted by Gasteiger charge is 2.33. The van der Waals surface area contributed by atoms with Crippen LogP contribution in [-0.2, 0) is 0 Å². The number of hydrogen-bond donors (Lipinski definition) is 1. The molecule has 0 spiro atoms. The quantitative estimate of drug-likeness (QED) is 0.408. The molecular weight excluding hydrogens is 412 g/mol. The molecule has 6 nitrogen and oxygen atoms in total. The third-order valence-electron chi connectivity index (χ3n) is 6.22. The van der Waals surface area contributed by atoms with Gasteiger partial charge in [0.05, 0.1) is 0 Å². The van der Waals surface area contributed by atoms with Gasteiger partial charge in [0.2, 0.25) is 5.89 Å². The van der Waals surface area contributed by atoms with Gasteiger partial charge in [0.25, 0.3) is 0 Å². The number of aromatic nitrogens is 1. The molecule has 1 fully saturated rings. The number of likely N-dealkylation sites (tertiary alicyclic amines) is 1. The van der Waals surface area contributed by atoms with Gasteiger partial charge < -0.3 is 19.5 Å².